The summed E-state index contributed by atoms with van der Waals surface area (Å²) in [6.07, 6.45) is 4.03. The summed E-state index contributed by atoms with van der Waals surface area (Å²) in [6.45, 7) is 15.3. The number of hydrogen-bond donors (Lipinski definition) is 1. The van der Waals surface area contributed by atoms with Gasteiger partial charge in [-0.1, -0.05) is 27.7 Å². The first-order chi connectivity index (χ1) is 7.99. The topological polar surface area (TPSA) is 15.3 Å². The monoisotopic (exact) mass is 240 g/mol. The second kappa shape index (κ2) is 7.38. The molecule has 1 N–H and O–H groups in total. The Labute approximate surface area is 108 Å². The van der Waals surface area contributed by atoms with Crippen molar-refractivity contribution < 1.29 is 0 Å². The highest BCUT2D eigenvalue weighted by Gasteiger charge is 2.23. The zero-order chi connectivity index (χ0) is 12.8. The van der Waals surface area contributed by atoms with E-state index in [0.29, 0.717) is 6.04 Å². The maximum Gasteiger partial charge on any atom is 0.0198 e. The summed E-state index contributed by atoms with van der Waals surface area (Å²) in [5.41, 5.74) is 0. The SMILES string of the molecule is CC(C)CCC(C)N1CCNC(CC(C)C)C1. The van der Waals surface area contributed by atoms with Crippen LogP contribution in [0.25, 0.3) is 0 Å². The van der Waals surface area contributed by atoms with E-state index >= 15 is 0 Å². The molecule has 17 heavy (non-hydrogen) atoms. The second-order valence-electron chi connectivity index (χ2n) is 6.60. The Morgan fingerprint density at radius 1 is 1.06 bits per heavy atom. The van der Waals surface area contributed by atoms with Crippen molar-refractivity contribution in [1.29, 1.82) is 0 Å². The van der Waals surface area contributed by atoms with Crippen molar-refractivity contribution in [3.63, 3.8) is 0 Å². The molecule has 1 aliphatic heterocycles. The number of hydrogen-bond acceptors (Lipinski definition) is 2. The van der Waals surface area contributed by atoms with Gasteiger partial charge in [0.05, 0.1) is 0 Å². The van der Waals surface area contributed by atoms with E-state index in [0.717, 1.165) is 17.9 Å². The van der Waals surface area contributed by atoms with Gasteiger partial charge in [-0.15, -0.1) is 0 Å². The molecule has 2 atom stereocenters. The Balaban J connectivity index is 2.32. The third kappa shape index (κ3) is 5.87. The normalized spacial score (nSPS) is 24.5. The van der Waals surface area contributed by atoms with E-state index in [1.165, 1.54) is 38.9 Å². The standard InChI is InChI=1S/C15H32N2/c1-12(2)6-7-14(5)17-9-8-16-15(11-17)10-13(3)4/h12-16H,6-11H2,1-5H3. The molecule has 1 saturated heterocycles. The predicted molar refractivity (Wildman–Crippen MR) is 76.4 cm³/mol. The Morgan fingerprint density at radius 2 is 1.76 bits per heavy atom. The van der Waals surface area contributed by atoms with E-state index in [9.17, 15) is 0 Å². The Bertz CT molecular complexity index is 201. The molecule has 2 unspecified atom stereocenters. The lowest BCUT2D eigenvalue weighted by Crippen LogP contribution is -2.53. The summed E-state index contributed by atoms with van der Waals surface area (Å²) in [5.74, 6) is 1.64. The van der Waals surface area contributed by atoms with Gasteiger partial charge in [-0.2, -0.15) is 0 Å². The molecular formula is C15H32N2. The van der Waals surface area contributed by atoms with Gasteiger partial charge in [0.15, 0.2) is 0 Å². The third-order valence-electron chi connectivity index (χ3n) is 3.83. The van der Waals surface area contributed by atoms with Crippen molar-refractivity contribution in [1.82, 2.24) is 10.2 Å². The summed E-state index contributed by atoms with van der Waals surface area (Å²) in [6, 6.07) is 1.47. The fourth-order valence-corrected chi connectivity index (χ4v) is 2.74. The highest BCUT2D eigenvalue weighted by Crippen LogP contribution is 2.16. The van der Waals surface area contributed by atoms with Gasteiger partial charge in [0.2, 0.25) is 0 Å². The molecule has 102 valence electrons. The van der Waals surface area contributed by atoms with Crippen molar-refractivity contribution >= 4 is 0 Å². The van der Waals surface area contributed by atoms with Crippen molar-refractivity contribution in [3.05, 3.63) is 0 Å². The minimum absolute atomic E-state index is 0.713. The minimum atomic E-state index is 0.713. The van der Waals surface area contributed by atoms with Crippen molar-refractivity contribution in [3.8, 4) is 0 Å². The molecule has 1 aliphatic rings. The molecule has 0 aromatic rings. The molecule has 0 radical (unpaired) electrons. The lowest BCUT2D eigenvalue weighted by molar-refractivity contribution is 0.134. The molecule has 0 saturated carbocycles. The molecule has 0 bridgehead atoms. The van der Waals surface area contributed by atoms with Gasteiger partial charge in [-0.05, 0) is 38.0 Å². The van der Waals surface area contributed by atoms with Crippen LogP contribution in [0.5, 0.6) is 0 Å². The fraction of sp³-hybridized carbons (Fsp3) is 1.00. The second-order valence-corrected chi connectivity index (χ2v) is 6.60. The van der Waals surface area contributed by atoms with Gasteiger partial charge in [0.25, 0.3) is 0 Å². The summed E-state index contributed by atoms with van der Waals surface area (Å²) in [7, 11) is 0. The molecule has 0 spiro atoms. The molecule has 0 aromatic heterocycles. The lowest BCUT2D eigenvalue weighted by Gasteiger charge is -2.38. The highest BCUT2D eigenvalue weighted by molar-refractivity contribution is 4.82. The minimum Gasteiger partial charge on any atom is -0.311 e. The van der Waals surface area contributed by atoms with Crippen LogP contribution >= 0.6 is 0 Å². The van der Waals surface area contributed by atoms with Crippen LogP contribution < -0.4 is 5.32 Å². The van der Waals surface area contributed by atoms with E-state index in [1.807, 2.05) is 0 Å². The first-order valence-corrected chi connectivity index (χ1v) is 7.46. The van der Waals surface area contributed by atoms with E-state index in [4.69, 9.17) is 0 Å². The van der Waals surface area contributed by atoms with E-state index in [1.54, 1.807) is 0 Å². The van der Waals surface area contributed by atoms with Crippen LogP contribution in [0, 0.1) is 11.8 Å². The van der Waals surface area contributed by atoms with Crippen LogP contribution in [0.1, 0.15) is 53.9 Å². The quantitative estimate of drug-likeness (QED) is 0.767. The van der Waals surface area contributed by atoms with Crippen molar-refractivity contribution in [2.45, 2.75) is 66.0 Å². The zero-order valence-electron chi connectivity index (χ0n) is 12.5. The van der Waals surface area contributed by atoms with E-state index in [2.05, 4.69) is 44.8 Å². The smallest absolute Gasteiger partial charge is 0.0198 e. The zero-order valence-corrected chi connectivity index (χ0v) is 12.5. The summed E-state index contributed by atoms with van der Waals surface area (Å²) < 4.78 is 0. The van der Waals surface area contributed by atoms with Gasteiger partial charge in [-0.25, -0.2) is 0 Å². The van der Waals surface area contributed by atoms with Crippen LogP contribution in [-0.2, 0) is 0 Å². The molecule has 1 rings (SSSR count). The molecule has 2 heteroatoms. The van der Waals surface area contributed by atoms with Crippen molar-refractivity contribution in [2.24, 2.45) is 11.8 Å². The number of nitrogens with one attached hydrogen (secondary N) is 1. The lowest BCUT2D eigenvalue weighted by atomic mass is 9.99. The molecular weight excluding hydrogens is 208 g/mol. The number of piperazine rings is 1. The van der Waals surface area contributed by atoms with Gasteiger partial charge >= 0.3 is 0 Å². The van der Waals surface area contributed by atoms with E-state index in [-0.39, 0.29) is 0 Å². The molecule has 1 heterocycles. The van der Waals surface area contributed by atoms with Crippen LogP contribution in [0.4, 0.5) is 0 Å². The average molecular weight is 240 g/mol. The maximum absolute atomic E-state index is 3.66. The Kier molecular flexibility index (Phi) is 6.50. The van der Waals surface area contributed by atoms with Gasteiger partial charge in [-0.3, -0.25) is 4.90 Å². The third-order valence-corrected chi connectivity index (χ3v) is 3.83. The van der Waals surface area contributed by atoms with Gasteiger partial charge in [0, 0.05) is 31.7 Å². The summed E-state index contributed by atoms with van der Waals surface area (Å²) in [4.78, 5) is 2.69. The first kappa shape index (κ1) is 15.0. The van der Waals surface area contributed by atoms with Gasteiger partial charge < -0.3 is 5.32 Å². The predicted octanol–water partition coefficient (Wildman–Crippen LogP) is 3.13. The molecule has 0 amide bonds. The van der Waals surface area contributed by atoms with Gasteiger partial charge in [0.1, 0.15) is 0 Å². The Hall–Kier alpha value is -0.0800. The number of nitrogens with zero attached hydrogens (tertiary/aromatic N) is 1. The molecule has 0 aliphatic carbocycles. The molecule has 0 aromatic carbocycles. The fourth-order valence-electron chi connectivity index (χ4n) is 2.74. The highest BCUT2D eigenvalue weighted by atomic mass is 15.2. The maximum atomic E-state index is 3.66. The van der Waals surface area contributed by atoms with Crippen LogP contribution in [0.15, 0.2) is 0 Å². The Morgan fingerprint density at radius 3 is 2.35 bits per heavy atom. The average Bonchev–Trinajstić information content (AvgIpc) is 2.25. The molecule has 2 nitrogen and oxygen atoms in total. The largest absolute Gasteiger partial charge is 0.311 e. The number of rotatable bonds is 6. The van der Waals surface area contributed by atoms with Crippen LogP contribution in [0.3, 0.4) is 0 Å². The summed E-state index contributed by atoms with van der Waals surface area (Å²) >= 11 is 0. The van der Waals surface area contributed by atoms with Crippen LogP contribution in [0.2, 0.25) is 0 Å². The van der Waals surface area contributed by atoms with E-state index < -0.39 is 0 Å². The summed E-state index contributed by atoms with van der Waals surface area (Å²) in [5, 5.41) is 3.66. The van der Waals surface area contributed by atoms with Crippen LogP contribution in [-0.4, -0.2) is 36.6 Å². The van der Waals surface area contributed by atoms with Crippen molar-refractivity contribution in [2.75, 3.05) is 19.6 Å². The molecule has 1 fully saturated rings. The first-order valence-electron chi connectivity index (χ1n) is 7.46.